The van der Waals surface area contributed by atoms with E-state index in [1.54, 1.807) is 12.3 Å². The van der Waals surface area contributed by atoms with Crippen LogP contribution in [0.25, 0.3) is 0 Å². The molecule has 0 aliphatic rings. The summed E-state index contributed by atoms with van der Waals surface area (Å²) in [6.45, 7) is 8.16. The fourth-order valence-corrected chi connectivity index (χ4v) is 0.972. The Kier molecular flexibility index (Phi) is 6.34. The number of esters is 1. The first-order chi connectivity index (χ1) is 7.15. The summed E-state index contributed by atoms with van der Waals surface area (Å²) in [7, 11) is 1.35. The summed E-state index contributed by atoms with van der Waals surface area (Å²) in [5.41, 5.74) is 1.47. The van der Waals surface area contributed by atoms with Gasteiger partial charge in [0.2, 0.25) is 0 Å². The number of pyridine rings is 1. The van der Waals surface area contributed by atoms with Crippen LogP contribution < -0.4 is 0 Å². The third kappa shape index (κ3) is 4.11. The molecule has 0 saturated carbocycles. The van der Waals surface area contributed by atoms with Gasteiger partial charge in [-0.3, -0.25) is 0 Å². The minimum atomic E-state index is -0.393. The van der Waals surface area contributed by atoms with E-state index >= 15 is 0 Å². The third-order valence-electron chi connectivity index (χ3n) is 1.85. The molecule has 15 heavy (non-hydrogen) atoms. The Morgan fingerprint density at radius 1 is 1.33 bits per heavy atom. The number of carbonyl (C=O) groups is 1. The van der Waals surface area contributed by atoms with Gasteiger partial charge in [-0.25, -0.2) is 9.78 Å². The number of nitrogens with zero attached hydrogens (tertiary/aromatic N) is 1. The zero-order valence-electron chi connectivity index (χ0n) is 10.1. The zero-order chi connectivity index (χ0) is 11.8. The molecule has 0 aliphatic heterocycles. The Balaban J connectivity index is 0.000000921. The van der Waals surface area contributed by atoms with Crippen LogP contribution in [-0.4, -0.2) is 18.1 Å². The van der Waals surface area contributed by atoms with E-state index in [1.165, 1.54) is 7.11 Å². The molecule has 0 fully saturated rings. The van der Waals surface area contributed by atoms with E-state index in [4.69, 9.17) is 0 Å². The number of ether oxygens (including phenoxy) is 1. The van der Waals surface area contributed by atoms with E-state index < -0.39 is 5.97 Å². The molecule has 0 aromatic carbocycles. The van der Waals surface area contributed by atoms with Crippen molar-refractivity contribution in [3.8, 4) is 0 Å². The number of methoxy groups -OCH3 is 1. The molecule has 0 N–H and O–H groups in total. The number of rotatable bonds is 2. The molecule has 3 nitrogen and oxygen atoms in total. The normalized spacial score (nSPS) is 9.20. The topological polar surface area (TPSA) is 39.2 Å². The fraction of sp³-hybridized carbons (Fsp3) is 0.500. The molecule has 1 aromatic heterocycles. The molecule has 84 valence electrons. The standard InChI is InChI=1S/C10H13NO2.C2H6/c1-7(2)8-4-5-9(11-6-8)10(12)13-3;1-2/h4-7H,1-3H3;1-2H3. The van der Waals surface area contributed by atoms with Crippen LogP contribution in [0.1, 0.15) is 49.7 Å². The summed E-state index contributed by atoms with van der Waals surface area (Å²) in [5.74, 6) is 0.0366. The Morgan fingerprint density at radius 2 is 1.93 bits per heavy atom. The summed E-state index contributed by atoms with van der Waals surface area (Å²) in [5, 5.41) is 0. The molecule has 0 radical (unpaired) electrons. The maximum Gasteiger partial charge on any atom is 0.356 e. The first-order valence-electron chi connectivity index (χ1n) is 5.19. The van der Waals surface area contributed by atoms with Gasteiger partial charge >= 0.3 is 5.97 Å². The van der Waals surface area contributed by atoms with Gasteiger partial charge in [-0.1, -0.05) is 33.8 Å². The van der Waals surface area contributed by atoms with Crippen LogP contribution in [0.2, 0.25) is 0 Å². The molecule has 0 atom stereocenters. The van der Waals surface area contributed by atoms with Crippen molar-refractivity contribution in [1.29, 1.82) is 0 Å². The Hall–Kier alpha value is -1.38. The molecule has 3 heteroatoms. The van der Waals surface area contributed by atoms with Gasteiger partial charge in [-0.05, 0) is 17.5 Å². The highest BCUT2D eigenvalue weighted by Crippen LogP contribution is 2.12. The van der Waals surface area contributed by atoms with Crippen molar-refractivity contribution in [2.45, 2.75) is 33.6 Å². The van der Waals surface area contributed by atoms with Crippen LogP contribution in [-0.2, 0) is 4.74 Å². The van der Waals surface area contributed by atoms with E-state index in [2.05, 4.69) is 23.6 Å². The van der Waals surface area contributed by atoms with Gasteiger partial charge in [-0.15, -0.1) is 0 Å². The highest BCUT2D eigenvalue weighted by molar-refractivity contribution is 5.86. The van der Waals surface area contributed by atoms with Crippen LogP contribution in [0.3, 0.4) is 0 Å². The predicted molar refractivity (Wildman–Crippen MR) is 61.0 cm³/mol. The van der Waals surface area contributed by atoms with Crippen molar-refractivity contribution in [3.63, 3.8) is 0 Å². The van der Waals surface area contributed by atoms with Crippen molar-refractivity contribution in [3.05, 3.63) is 29.6 Å². The van der Waals surface area contributed by atoms with Gasteiger partial charge in [0.05, 0.1) is 7.11 Å². The first kappa shape index (κ1) is 13.6. The van der Waals surface area contributed by atoms with E-state index in [1.807, 2.05) is 19.9 Å². The van der Waals surface area contributed by atoms with Gasteiger partial charge in [-0.2, -0.15) is 0 Å². The molecule has 0 aliphatic carbocycles. The number of hydrogen-bond donors (Lipinski definition) is 0. The molecule has 1 aromatic rings. The minimum Gasteiger partial charge on any atom is -0.464 e. The van der Waals surface area contributed by atoms with Gasteiger partial charge in [0, 0.05) is 6.20 Å². The molecule has 0 spiro atoms. The van der Waals surface area contributed by atoms with Crippen LogP contribution in [0, 0.1) is 0 Å². The SMILES string of the molecule is CC.COC(=O)c1ccc(C(C)C)cn1. The third-order valence-corrected chi connectivity index (χ3v) is 1.85. The molecular formula is C12H19NO2. The highest BCUT2D eigenvalue weighted by atomic mass is 16.5. The van der Waals surface area contributed by atoms with Crippen LogP contribution >= 0.6 is 0 Å². The minimum absolute atomic E-state index is 0.354. The lowest BCUT2D eigenvalue weighted by atomic mass is 10.1. The van der Waals surface area contributed by atoms with Gasteiger partial charge in [0.1, 0.15) is 5.69 Å². The summed E-state index contributed by atoms with van der Waals surface area (Å²) < 4.78 is 4.54. The van der Waals surface area contributed by atoms with Crippen LogP contribution in [0.4, 0.5) is 0 Å². The van der Waals surface area contributed by atoms with E-state index in [-0.39, 0.29) is 0 Å². The quantitative estimate of drug-likeness (QED) is 0.703. The maximum atomic E-state index is 11.0. The van der Waals surface area contributed by atoms with Crippen molar-refractivity contribution in [1.82, 2.24) is 4.98 Å². The second kappa shape index (κ2) is 6.98. The number of hydrogen-bond acceptors (Lipinski definition) is 3. The number of carbonyl (C=O) groups excluding carboxylic acids is 1. The average molecular weight is 209 g/mol. The molecule has 0 unspecified atom stereocenters. The zero-order valence-corrected chi connectivity index (χ0v) is 10.1. The van der Waals surface area contributed by atoms with E-state index in [0.29, 0.717) is 11.6 Å². The van der Waals surface area contributed by atoms with E-state index in [9.17, 15) is 4.79 Å². The first-order valence-corrected chi connectivity index (χ1v) is 5.19. The lowest BCUT2D eigenvalue weighted by Crippen LogP contribution is -2.04. The maximum absolute atomic E-state index is 11.0. The van der Waals surface area contributed by atoms with Crippen molar-refractivity contribution >= 4 is 5.97 Å². The Morgan fingerprint density at radius 3 is 2.27 bits per heavy atom. The molecule has 1 rings (SSSR count). The van der Waals surface area contributed by atoms with Crippen LogP contribution in [0.15, 0.2) is 18.3 Å². The number of aromatic nitrogens is 1. The van der Waals surface area contributed by atoms with Crippen molar-refractivity contribution in [2.24, 2.45) is 0 Å². The van der Waals surface area contributed by atoms with Gasteiger partial charge in [0.25, 0.3) is 0 Å². The Bertz CT molecular complexity index is 291. The van der Waals surface area contributed by atoms with Crippen LogP contribution in [0.5, 0.6) is 0 Å². The molecular weight excluding hydrogens is 190 g/mol. The van der Waals surface area contributed by atoms with E-state index in [0.717, 1.165) is 5.56 Å². The lowest BCUT2D eigenvalue weighted by Gasteiger charge is -2.04. The second-order valence-electron chi connectivity index (χ2n) is 3.12. The predicted octanol–water partition coefficient (Wildman–Crippen LogP) is 3.02. The monoisotopic (exact) mass is 209 g/mol. The highest BCUT2D eigenvalue weighted by Gasteiger charge is 2.06. The molecule has 0 saturated heterocycles. The summed E-state index contributed by atoms with van der Waals surface area (Å²) in [6.07, 6.45) is 1.71. The largest absolute Gasteiger partial charge is 0.464 e. The average Bonchev–Trinajstić information content (AvgIpc) is 2.31. The molecule has 0 amide bonds. The summed E-state index contributed by atoms with van der Waals surface area (Å²) >= 11 is 0. The van der Waals surface area contributed by atoms with Crippen molar-refractivity contribution in [2.75, 3.05) is 7.11 Å². The summed E-state index contributed by atoms with van der Waals surface area (Å²) in [4.78, 5) is 15.0. The van der Waals surface area contributed by atoms with Gasteiger partial charge < -0.3 is 4.74 Å². The second-order valence-corrected chi connectivity index (χ2v) is 3.12. The fourth-order valence-electron chi connectivity index (χ4n) is 0.972. The van der Waals surface area contributed by atoms with Gasteiger partial charge in [0.15, 0.2) is 0 Å². The smallest absolute Gasteiger partial charge is 0.356 e. The Labute approximate surface area is 91.5 Å². The summed E-state index contributed by atoms with van der Waals surface area (Å²) in [6, 6.07) is 3.57. The lowest BCUT2D eigenvalue weighted by molar-refractivity contribution is 0.0594. The molecule has 0 bridgehead atoms. The van der Waals surface area contributed by atoms with Crippen molar-refractivity contribution < 1.29 is 9.53 Å². The molecule has 1 heterocycles.